The quantitative estimate of drug-likeness (QED) is 0.631. The molecule has 0 spiro atoms. The van der Waals surface area contributed by atoms with Gasteiger partial charge in [0.25, 0.3) is 5.91 Å². The minimum atomic E-state index is -0.573. The van der Waals surface area contributed by atoms with Gasteiger partial charge < -0.3 is 14.8 Å². The van der Waals surface area contributed by atoms with E-state index in [1.807, 2.05) is 50.2 Å². The molecule has 0 unspecified atom stereocenters. The lowest BCUT2D eigenvalue weighted by molar-refractivity contribution is -0.119. The summed E-state index contributed by atoms with van der Waals surface area (Å²) in [6.07, 6.45) is 0. The average Bonchev–Trinajstić information content (AvgIpc) is 3.09. The predicted molar refractivity (Wildman–Crippen MR) is 109 cm³/mol. The standard InChI is InChI=1S/C21H20N2O4S/c1-13-9-10-17(26-3)16(11-13)23-18(24)12-27-21(25)20-19(22-14(2)28-20)15-7-5-4-6-8-15/h4-11H,12H2,1-3H3,(H,23,24). The molecular weight excluding hydrogens is 376 g/mol. The van der Waals surface area contributed by atoms with Gasteiger partial charge in [0.2, 0.25) is 0 Å². The summed E-state index contributed by atoms with van der Waals surface area (Å²) in [5, 5.41) is 3.46. The average molecular weight is 396 g/mol. The Morgan fingerprint density at radius 3 is 2.57 bits per heavy atom. The fourth-order valence-electron chi connectivity index (χ4n) is 2.66. The normalized spacial score (nSPS) is 10.4. The lowest BCUT2D eigenvalue weighted by atomic mass is 10.1. The Balaban J connectivity index is 1.68. The summed E-state index contributed by atoms with van der Waals surface area (Å²) >= 11 is 1.24. The molecular formula is C21H20N2O4S. The zero-order valence-corrected chi connectivity index (χ0v) is 16.6. The van der Waals surface area contributed by atoms with E-state index >= 15 is 0 Å². The van der Waals surface area contributed by atoms with Gasteiger partial charge in [-0.05, 0) is 31.5 Å². The highest BCUT2D eigenvalue weighted by Gasteiger charge is 2.20. The van der Waals surface area contributed by atoms with Gasteiger partial charge >= 0.3 is 5.97 Å². The van der Waals surface area contributed by atoms with Gasteiger partial charge in [-0.15, -0.1) is 11.3 Å². The molecule has 0 bridgehead atoms. The second kappa shape index (κ2) is 8.67. The third-order valence-corrected chi connectivity index (χ3v) is 4.88. The Labute approximate surface area is 167 Å². The van der Waals surface area contributed by atoms with Crippen LogP contribution in [0.2, 0.25) is 0 Å². The molecule has 3 aromatic rings. The molecule has 0 aliphatic carbocycles. The second-order valence-electron chi connectivity index (χ2n) is 6.10. The molecule has 1 N–H and O–H groups in total. The molecule has 0 saturated heterocycles. The van der Waals surface area contributed by atoms with Crippen LogP contribution in [0.1, 0.15) is 20.2 Å². The van der Waals surface area contributed by atoms with Crippen LogP contribution in [0.3, 0.4) is 0 Å². The van der Waals surface area contributed by atoms with Crippen molar-refractivity contribution in [3.05, 3.63) is 64.0 Å². The number of rotatable bonds is 6. The molecule has 1 amide bonds. The van der Waals surface area contributed by atoms with E-state index in [9.17, 15) is 9.59 Å². The van der Waals surface area contributed by atoms with Crippen LogP contribution in [0.5, 0.6) is 5.75 Å². The summed E-state index contributed by atoms with van der Waals surface area (Å²) in [5.74, 6) is -0.481. The molecule has 28 heavy (non-hydrogen) atoms. The molecule has 0 fully saturated rings. The van der Waals surface area contributed by atoms with E-state index in [1.165, 1.54) is 18.4 Å². The molecule has 0 aliphatic heterocycles. The molecule has 0 radical (unpaired) electrons. The van der Waals surface area contributed by atoms with Crippen molar-refractivity contribution in [1.82, 2.24) is 4.98 Å². The van der Waals surface area contributed by atoms with E-state index < -0.39 is 18.5 Å². The van der Waals surface area contributed by atoms with Crippen LogP contribution in [0.4, 0.5) is 5.69 Å². The number of thiazole rings is 1. The van der Waals surface area contributed by atoms with Crippen LogP contribution in [-0.2, 0) is 9.53 Å². The first kappa shape index (κ1) is 19.6. The van der Waals surface area contributed by atoms with Gasteiger partial charge in [0.15, 0.2) is 6.61 Å². The maximum absolute atomic E-state index is 12.5. The van der Waals surface area contributed by atoms with Crippen LogP contribution in [0.25, 0.3) is 11.3 Å². The van der Waals surface area contributed by atoms with Crippen molar-refractivity contribution in [3.8, 4) is 17.0 Å². The van der Waals surface area contributed by atoms with Gasteiger partial charge in [0.1, 0.15) is 10.6 Å². The summed E-state index contributed by atoms with van der Waals surface area (Å²) in [6.45, 7) is 3.33. The Bertz CT molecular complexity index is 999. The fraction of sp³-hybridized carbons (Fsp3) is 0.190. The molecule has 2 aromatic carbocycles. The van der Waals surface area contributed by atoms with E-state index in [2.05, 4.69) is 10.3 Å². The van der Waals surface area contributed by atoms with Crippen LogP contribution in [-0.4, -0.2) is 30.6 Å². The Morgan fingerprint density at radius 1 is 1.11 bits per heavy atom. The first-order valence-corrected chi connectivity index (χ1v) is 9.44. The number of benzene rings is 2. The minimum absolute atomic E-state index is 0.379. The van der Waals surface area contributed by atoms with Crippen molar-refractivity contribution in [1.29, 1.82) is 0 Å². The lowest BCUT2D eigenvalue weighted by Crippen LogP contribution is -2.21. The number of methoxy groups -OCH3 is 1. The third-order valence-electron chi connectivity index (χ3n) is 3.93. The minimum Gasteiger partial charge on any atom is -0.495 e. The first-order chi connectivity index (χ1) is 13.5. The van der Waals surface area contributed by atoms with Gasteiger partial charge in [-0.25, -0.2) is 9.78 Å². The summed E-state index contributed by atoms with van der Waals surface area (Å²) in [5.41, 5.74) is 2.89. The van der Waals surface area contributed by atoms with Crippen molar-refractivity contribution < 1.29 is 19.1 Å². The van der Waals surface area contributed by atoms with E-state index in [-0.39, 0.29) is 0 Å². The number of hydrogen-bond donors (Lipinski definition) is 1. The maximum atomic E-state index is 12.5. The Kier molecular flexibility index (Phi) is 6.06. The number of carbonyl (C=O) groups is 2. The number of esters is 1. The Hall–Kier alpha value is -3.19. The summed E-state index contributed by atoms with van der Waals surface area (Å²) in [6, 6.07) is 14.8. The number of nitrogens with zero attached hydrogens (tertiary/aromatic N) is 1. The highest BCUT2D eigenvalue weighted by molar-refractivity contribution is 7.14. The second-order valence-corrected chi connectivity index (χ2v) is 7.31. The molecule has 144 valence electrons. The van der Waals surface area contributed by atoms with Crippen LogP contribution < -0.4 is 10.1 Å². The first-order valence-electron chi connectivity index (χ1n) is 8.62. The molecule has 3 rings (SSSR count). The number of carbonyl (C=O) groups excluding carboxylic acids is 2. The van der Waals surface area contributed by atoms with Gasteiger partial charge in [-0.1, -0.05) is 36.4 Å². The van der Waals surface area contributed by atoms with E-state index in [4.69, 9.17) is 9.47 Å². The van der Waals surface area contributed by atoms with E-state index in [0.29, 0.717) is 22.0 Å². The van der Waals surface area contributed by atoms with Gasteiger partial charge in [0.05, 0.1) is 23.5 Å². The summed E-state index contributed by atoms with van der Waals surface area (Å²) in [7, 11) is 1.53. The highest BCUT2D eigenvalue weighted by Crippen LogP contribution is 2.29. The molecule has 0 aliphatic rings. The predicted octanol–water partition coefficient (Wildman–Crippen LogP) is 4.23. The smallest absolute Gasteiger partial charge is 0.351 e. The maximum Gasteiger partial charge on any atom is 0.351 e. The molecule has 7 heteroatoms. The third kappa shape index (κ3) is 4.55. The highest BCUT2D eigenvalue weighted by atomic mass is 32.1. The number of ether oxygens (including phenoxy) is 2. The van der Waals surface area contributed by atoms with E-state index in [1.54, 1.807) is 12.1 Å². The van der Waals surface area contributed by atoms with Crippen LogP contribution in [0.15, 0.2) is 48.5 Å². The van der Waals surface area contributed by atoms with Crippen molar-refractivity contribution in [2.24, 2.45) is 0 Å². The van der Waals surface area contributed by atoms with Crippen LogP contribution >= 0.6 is 11.3 Å². The van der Waals surface area contributed by atoms with Crippen molar-refractivity contribution in [2.75, 3.05) is 19.0 Å². The van der Waals surface area contributed by atoms with Crippen molar-refractivity contribution in [3.63, 3.8) is 0 Å². The van der Waals surface area contributed by atoms with Crippen LogP contribution in [0, 0.1) is 13.8 Å². The molecule has 1 heterocycles. The number of aryl methyl sites for hydroxylation is 2. The van der Waals surface area contributed by atoms with Crippen molar-refractivity contribution >= 4 is 28.9 Å². The number of amides is 1. The fourth-order valence-corrected chi connectivity index (χ4v) is 3.49. The summed E-state index contributed by atoms with van der Waals surface area (Å²) in [4.78, 5) is 29.6. The van der Waals surface area contributed by atoms with Gasteiger partial charge in [-0.2, -0.15) is 0 Å². The topological polar surface area (TPSA) is 77.5 Å². The van der Waals surface area contributed by atoms with E-state index in [0.717, 1.165) is 16.1 Å². The zero-order valence-electron chi connectivity index (χ0n) is 15.8. The summed E-state index contributed by atoms with van der Waals surface area (Å²) < 4.78 is 10.5. The number of hydrogen-bond acceptors (Lipinski definition) is 6. The zero-order chi connectivity index (χ0) is 20.1. The number of anilines is 1. The molecule has 0 saturated carbocycles. The van der Waals surface area contributed by atoms with Gasteiger partial charge in [0, 0.05) is 5.56 Å². The van der Waals surface area contributed by atoms with Crippen molar-refractivity contribution in [2.45, 2.75) is 13.8 Å². The SMILES string of the molecule is COc1ccc(C)cc1NC(=O)COC(=O)c1sc(C)nc1-c1ccccc1. The monoisotopic (exact) mass is 396 g/mol. The Morgan fingerprint density at radius 2 is 1.86 bits per heavy atom. The molecule has 1 aromatic heterocycles. The molecule has 6 nitrogen and oxygen atoms in total. The largest absolute Gasteiger partial charge is 0.495 e. The number of nitrogens with one attached hydrogen (secondary N) is 1. The molecule has 0 atom stereocenters. The number of aromatic nitrogens is 1. The lowest BCUT2D eigenvalue weighted by Gasteiger charge is -2.11. The van der Waals surface area contributed by atoms with Gasteiger partial charge in [-0.3, -0.25) is 4.79 Å².